The van der Waals surface area contributed by atoms with E-state index in [1.807, 2.05) is 0 Å². The van der Waals surface area contributed by atoms with Gasteiger partial charge in [0.25, 0.3) is 0 Å². The maximum absolute atomic E-state index is 11.8. The molecule has 1 rings (SSSR count). The zero-order chi connectivity index (χ0) is 13.6. The second-order valence-electron chi connectivity index (χ2n) is 5.89. The minimum absolute atomic E-state index is 0.130. The van der Waals surface area contributed by atoms with Gasteiger partial charge in [-0.2, -0.15) is 0 Å². The highest BCUT2D eigenvalue weighted by molar-refractivity contribution is 5.81. The zero-order valence-corrected chi connectivity index (χ0v) is 11.7. The van der Waals surface area contributed by atoms with Crippen LogP contribution in [0.25, 0.3) is 0 Å². The van der Waals surface area contributed by atoms with Gasteiger partial charge in [-0.05, 0) is 25.2 Å². The van der Waals surface area contributed by atoms with E-state index >= 15 is 0 Å². The molecule has 4 heteroatoms. The summed E-state index contributed by atoms with van der Waals surface area (Å²) in [7, 11) is 0. The summed E-state index contributed by atoms with van der Waals surface area (Å²) >= 11 is 0. The summed E-state index contributed by atoms with van der Waals surface area (Å²) < 4.78 is 0. The Balaban J connectivity index is 2.32. The second kappa shape index (κ2) is 7.10. The molecule has 18 heavy (non-hydrogen) atoms. The summed E-state index contributed by atoms with van der Waals surface area (Å²) in [5.74, 6) is 0.407. The number of nitrogens with one attached hydrogen (secondary N) is 1. The highest BCUT2D eigenvalue weighted by atomic mass is 16.3. The van der Waals surface area contributed by atoms with E-state index in [9.17, 15) is 9.90 Å². The number of hydrogen-bond acceptors (Lipinski definition) is 3. The molecular weight excluding hydrogens is 228 g/mol. The van der Waals surface area contributed by atoms with Crippen molar-refractivity contribution < 1.29 is 9.90 Å². The lowest BCUT2D eigenvalue weighted by Gasteiger charge is -2.35. The predicted octanol–water partition coefficient (Wildman–Crippen LogP) is 1.56. The minimum Gasteiger partial charge on any atom is -0.388 e. The normalized spacial score (nSPS) is 29.9. The van der Waals surface area contributed by atoms with Gasteiger partial charge in [0.2, 0.25) is 5.91 Å². The van der Waals surface area contributed by atoms with E-state index in [2.05, 4.69) is 19.2 Å². The number of carbonyl (C=O) groups is 1. The molecular formula is C14H28N2O2. The van der Waals surface area contributed by atoms with Gasteiger partial charge in [0.15, 0.2) is 0 Å². The lowest BCUT2D eigenvalue weighted by atomic mass is 9.79. The van der Waals surface area contributed by atoms with E-state index < -0.39 is 11.6 Å². The van der Waals surface area contributed by atoms with Crippen LogP contribution in [0.3, 0.4) is 0 Å². The summed E-state index contributed by atoms with van der Waals surface area (Å²) in [6.07, 6.45) is 6.50. The van der Waals surface area contributed by atoms with E-state index in [0.29, 0.717) is 12.5 Å². The maximum Gasteiger partial charge on any atom is 0.237 e. The van der Waals surface area contributed by atoms with Crippen molar-refractivity contribution in [1.82, 2.24) is 5.32 Å². The standard InChI is InChI=1S/C14H28N2O2/c1-3-4-7-12(15)13(17)16-10-14(18)8-5-6-11(2)9-14/h11-12,18H,3-10,15H2,1-2H3,(H,16,17)/t11?,12-,14?/m0/s1. The van der Waals surface area contributed by atoms with Gasteiger partial charge in [-0.25, -0.2) is 0 Å². The van der Waals surface area contributed by atoms with Crippen molar-refractivity contribution in [3.8, 4) is 0 Å². The monoisotopic (exact) mass is 256 g/mol. The molecule has 1 amide bonds. The fourth-order valence-electron chi connectivity index (χ4n) is 2.73. The van der Waals surface area contributed by atoms with Crippen LogP contribution in [0.4, 0.5) is 0 Å². The van der Waals surface area contributed by atoms with E-state index in [1.165, 1.54) is 6.42 Å². The predicted molar refractivity (Wildman–Crippen MR) is 73.1 cm³/mol. The minimum atomic E-state index is -0.724. The van der Waals surface area contributed by atoms with Crippen LogP contribution >= 0.6 is 0 Å². The maximum atomic E-state index is 11.8. The van der Waals surface area contributed by atoms with Crippen molar-refractivity contribution in [3.63, 3.8) is 0 Å². The second-order valence-corrected chi connectivity index (χ2v) is 5.89. The summed E-state index contributed by atoms with van der Waals surface area (Å²) in [4.78, 5) is 11.8. The van der Waals surface area contributed by atoms with Crippen molar-refractivity contribution in [1.29, 1.82) is 0 Å². The topological polar surface area (TPSA) is 75.4 Å². The number of nitrogens with two attached hydrogens (primary N) is 1. The fraction of sp³-hybridized carbons (Fsp3) is 0.929. The summed E-state index contributed by atoms with van der Waals surface area (Å²) in [5.41, 5.74) is 5.07. The molecule has 1 fully saturated rings. The number of hydrogen-bond donors (Lipinski definition) is 3. The van der Waals surface area contributed by atoms with Gasteiger partial charge in [-0.3, -0.25) is 4.79 Å². The van der Waals surface area contributed by atoms with Crippen molar-refractivity contribution in [2.45, 2.75) is 70.4 Å². The van der Waals surface area contributed by atoms with Gasteiger partial charge in [-0.1, -0.05) is 39.5 Å². The molecule has 1 aliphatic rings. The van der Waals surface area contributed by atoms with Gasteiger partial charge in [0.05, 0.1) is 11.6 Å². The average molecular weight is 256 g/mol. The van der Waals surface area contributed by atoms with Crippen LogP contribution in [0.15, 0.2) is 0 Å². The molecule has 0 bridgehead atoms. The molecule has 4 nitrogen and oxygen atoms in total. The quantitative estimate of drug-likeness (QED) is 0.675. The molecule has 1 saturated carbocycles. The molecule has 1 aliphatic carbocycles. The van der Waals surface area contributed by atoms with Crippen LogP contribution in [0.1, 0.15) is 58.8 Å². The lowest BCUT2D eigenvalue weighted by molar-refractivity contribution is -0.124. The molecule has 0 aromatic rings. The van der Waals surface area contributed by atoms with Gasteiger partial charge < -0.3 is 16.2 Å². The molecule has 0 aromatic heterocycles. The highest BCUT2D eigenvalue weighted by Gasteiger charge is 2.33. The molecule has 0 saturated heterocycles. The van der Waals surface area contributed by atoms with Crippen molar-refractivity contribution in [3.05, 3.63) is 0 Å². The SMILES string of the molecule is CCCC[C@H](N)C(=O)NCC1(O)CCCC(C)C1. The molecule has 0 aliphatic heterocycles. The molecule has 0 aromatic carbocycles. The van der Waals surface area contributed by atoms with Crippen molar-refractivity contribution in [2.75, 3.05) is 6.54 Å². The number of aliphatic hydroxyl groups is 1. The lowest BCUT2D eigenvalue weighted by Crippen LogP contribution is -2.49. The number of carbonyl (C=O) groups excluding carboxylic acids is 1. The largest absolute Gasteiger partial charge is 0.388 e. The Morgan fingerprint density at radius 3 is 2.94 bits per heavy atom. The smallest absolute Gasteiger partial charge is 0.237 e. The van der Waals surface area contributed by atoms with Crippen LogP contribution in [-0.2, 0) is 4.79 Å². The van der Waals surface area contributed by atoms with E-state index in [4.69, 9.17) is 5.73 Å². The van der Waals surface area contributed by atoms with Crippen molar-refractivity contribution in [2.24, 2.45) is 11.7 Å². The molecule has 0 radical (unpaired) electrons. The van der Waals surface area contributed by atoms with Gasteiger partial charge >= 0.3 is 0 Å². The summed E-state index contributed by atoms with van der Waals surface area (Å²) in [6, 6.07) is -0.436. The zero-order valence-electron chi connectivity index (χ0n) is 11.7. The van der Waals surface area contributed by atoms with Crippen LogP contribution in [-0.4, -0.2) is 29.2 Å². The number of unbranched alkanes of at least 4 members (excludes halogenated alkanes) is 1. The van der Waals surface area contributed by atoms with Gasteiger partial charge in [-0.15, -0.1) is 0 Å². The molecule has 106 valence electrons. The van der Waals surface area contributed by atoms with Crippen LogP contribution in [0.2, 0.25) is 0 Å². The first kappa shape index (κ1) is 15.4. The first-order chi connectivity index (χ1) is 8.47. The van der Waals surface area contributed by atoms with Crippen LogP contribution in [0, 0.1) is 5.92 Å². The van der Waals surface area contributed by atoms with Gasteiger partial charge in [0, 0.05) is 6.54 Å². The van der Waals surface area contributed by atoms with Crippen molar-refractivity contribution >= 4 is 5.91 Å². The molecule has 0 heterocycles. The molecule has 0 spiro atoms. The first-order valence-corrected chi connectivity index (χ1v) is 7.22. The Labute approximate surface area is 110 Å². The average Bonchev–Trinajstić information content (AvgIpc) is 2.32. The Bertz CT molecular complexity index is 271. The molecule has 2 unspecified atom stereocenters. The highest BCUT2D eigenvalue weighted by Crippen LogP contribution is 2.31. The Morgan fingerprint density at radius 1 is 1.61 bits per heavy atom. The van der Waals surface area contributed by atoms with E-state index in [0.717, 1.165) is 38.5 Å². The molecule has 4 N–H and O–H groups in total. The van der Waals surface area contributed by atoms with Crippen LogP contribution < -0.4 is 11.1 Å². The van der Waals surface area contributed by atoms with E-state index in [1.54, 1.807) is 0 Å². The van der Waals surface area contributed by atoms with E-state index in [-0.39, 0.29) is 5.91 Å². The Morgan fingerprint density at radius 2 is 2.33 bits per heavy atom. The third-order valence-corrected chi connectivity index (χ3v) is 3.86. The van der Waals surface area contributed by atoms with Crippen LogP contribution in [0.5, 0.6) is 0 Å². The summed E-state index contributed by atoms with van der Waals surface area (Å²) in [6.45, 7) is 4.58. The van der Waals surface area contributed by atoms with Gasteiger partial charge in [0.1, 0.15) is 0 Å². The first-order valence-electron chi connectivity index (χ1n) is 7.22. The fourth-order valence-corrected chi connectivity index (χ4v) is 2.73. The Kier molecular flexibility index (Phi) is 6.09. The number of amides is 1. The Hall–Kier alpha value is -0.610. The third-order valence-electron chi connectivity index (χ3n) is 3.86. The third kappa shape index (κ3) is 4.94. The molecule has 3 atom stereocenters. The summed E-state index contributed by atoms with van der Waals surface area (Å²) in [5, 5.41) is 13.2. The number of rotatable bonds is 6.